The van der Waals surface area contributed by atoms with Crippen molar-refractivity contribution in [3.05, 3.63) is 22.5 Å². The van der Waals surface area contributed by atoms with E-state index in [4.69, 9.17) is 4.74 Å². The molecule has 166 valence electrons. The Morgan fingerprint density at radius 3 is 2.43 bits per heavy atom. The van der Waals surface area contributed by atoms with E-state index in [0.717, 1.165) is 62.1 Å². The lowest BCUT2D eigenvalue weighted by Gasteiger charge is -2.36. The number of piperidine rings is 2. The van der Waals surface area contributed by atoms with Crippen LogP contribution in [0.2, 0.25) is 0 Å². The van der Waals surface area contributed by atoms with E-state index in [-0.39, 0.29) is 23.7 Å². The van der Waals surface area contributed by atoms with Crippen LogP contribution < -0.4 is 0 Å². The largest absolute Gasteiger partial charge is 0.461 e. The number of carbonyl (C=O) groups excluding carboxylic acids is 3. The van der Waals surface area contributed by atoms with Crippen LogP contribution in [0.25, 0.3) is 0 Å². The SMILES string of the molecule is CCOC(=O)c1[nH]c(C)c(CCC(=O)N2CCC[C@@H](C(=O)N3CCCCC3)C2)c1C. The molecule has 2 saturated heterocycles. The van der Waals surface area contributed by atoms with E-state index < -0.39 is 0 Å². The Labute approximate surface area is 179 Å². The van der Waals surface area contributed by atoms with Crippen LogP contribution in [0.15, 0.2) is 0 Å². The van der Waals surface area contributed by atoms with Crippen LogP contribution in [0.1, 0.15) is 72.8 Å². The Bertz CT molecular complexity index is 780. The maximum absolute atomic E-state index is 12.9. The monoisotopic (exact) mass is 417 g/mol. The third kappa shape index (κ3) is 5.05. The molecular formula is C23H35N3O4. The summed E-state index contributed by atoms with van der Waals surface area (Å²) < 4.78 is 5.10. The zero-order chi connectivity index (χ0) is 21.7. The summed E-state index contributed by atoms with van der Waals surface area (Å²) in [6, 6.07) is 0. The molecule has 0 bridgehead atoms. The molecule has 2 aliphatic heterocycles. The van der Waals surface area contributed by atoms with Crippen molar-refractivity contribution < 1.29 is 19.1 Å². The number of carbonyl (C=O) groups is 3. The van der Waals surface area contributed by atoms with Crippen LogP contribution in [-0.4, -0.2) is 65.4 Å². The van der Waals surface area contributed by atoms with Gasteiger partial charge in [-0.25, -0.2) is 4.79 Å². The second-order valence-electron chi connectivity index (χ2n) is 8.51. The van der Waals surface area contributed by atoms with Crippen molar-refractivity contribution in [1.29, 1.82) is 0 Å². The third-order valence-electron chi connectivity index (χ3n) is 6.45. The number of amides is 2. The van der Waals surface area contributed by atoms with Gasteiger partial charge in [0.2, 0.25) is 11.8 Å². The average Bonchev–Trinajstić information content (AvgIpc) is 3.05. The molecule has 0 aliphatic carbocycles. The number of aromatic nitrogens is 1. The van der Waals surface area contributed by atoms with Crippen LogP contribution in [0.5, 0.6) is 0 Å². The molecule has 0 spiro atoms. The van der Waals surface area contributed by atoms with Gasteiger partial charge >= 0.3 is 5.97 Å². The molecule has 30 heavy (non-hydrogen) atoms. The van der Waals surface area contributed by atoms with Crippen LogP contribution in [0.3, 0.4) is 0 Å². The van der Waals surface area contributed by atoms with E-state index in [1.54, 1.807) is 6.92 Å². The quantitative estimate of drug-likeness (QED) is 0.722. The van der Waals surface area contributed by atoms with Crippen molar-refractivity contribution >= 4 is 17.8 Å². The molecule has 3 heterocycles. The van der Waals surface area contributed by atoms with Gasteiger partial charge in [0, 0.05) is 38.3 Å². The molecule has 0 saturated carbocycles. The summed E-state index contributed by atoms with van der Waals surface area (Å²) in [6.07, 6.45) is 6.09. The normalized spacial score (nSPS) is 19.6. The minimum atomic E-state index is -0.356. The molecule has 2 amide bonds. The van der Waals surface area contributed by atoms with Gasteiger partial charge in [0.05, 0.1) is 12.5 Å². The number of nitrogens with zero attached hydrogens (tertiary/aromatic N) is 2. The van der Waals surface area contributed by atoms with E-state index in [1.807, 2.05) is 23.6 Å². The van der Waals surface area contributed by atoms with Crippen molar-refractivity contribution in [3.8, 4) is 0 Å². The average molecular weight is 418 g/mol. The second-order valence-corrected chi connectivity index (χ2v) is 8.51. The number of H-pyrrole nitrogens is 1. The van der Waals surface area contributed by atoms with Gasteiger partial charge in [-0.3, -0.25) is 9.59 Å². The Morgan fingerprint density at radius 2 is 1.73 bits per heavy atom. The predicted molar refractivity (Wildman–Crippen MR) is 114 cm³/mol. The van der Waals surface area contributed by atoms with Gasteiger partial charge in [0.1, 0.15) is 5.69 Å². The first-order valence-corrected chi connectivity index (χ1v) is 11.3. The van der Waals surface area contributed by atoms with Gasteiger partial charge in [0.15, 0.2) is 0 Å². The number of nitrogens with one attached hydrogen (secondary N) is 1. The van der Waals surface area contributed by atoms with E-state index >= 15 is 0 Å². The number of likely N-dealkylation sites (tertiary alicyclic amines) is 2. The number of aromatic amines is 1. The maximum atomic E-state index is 12.9. The Balaban J connectivity index is 1.57. The smallest absolute Gasteiger partial charge is 0.355 e. The molecule has 7 heteroatoms. The summed E-state index contributed by atoms with van der Waals surface area (Å²) in [6.45, 7) is 8.90. The third-order valence-corrected chi connectivity index (χ3v) is 6.45. The van der Waals surface area contributed by atoms with Crippen molar-refractivity contribution in [2.24, 2.45) is 5.92 Å². The molecule has 0 radical (unpaired) electrons. The van der Waals surface area contributed by atoms with Crippen LogP contribution in [-0.2, 0) is 20.7 Å². The first kappa shape index (κ1) is 22.4. The second kappa shape index (κ2) is 10.1. The van der Waals surface area contributed by atoms with Crippen molar-refractivity contribution in [2.75, 3.05) is 32.8 Å². The van der Waals surface area contributed by atoms with Crippen LogP contribution in [0, 0.1) is 19.8 Å². The first-order chi connectivity index (χ1) is 14.4. The van der Waals surface area contributed by atoms with Crippen molar-refractivity contribution in [3.63, 3.8) is 0 Å². The highest BCUT2D eigenvalue weighted by Crippen LogP contribution is 2.24. The van der Waals surface area contributed by atoms with E-state index in [0.29, 0.717) is 31.7 Å². The number of hydrogen-bond acceptors (Lipinski definition) is 4. The summed E-state index contributed by atoms with van der Waals surface area (Å²) in [5.41, 5.74) is 3.24. The molecule has 7 nitrogen and oxygen atoms in total. The fourth-order valence-electron chi connectivity index (χ4n) is 4.74. The van der Waals surface area contributed by atoms with Crippen molar-refractivity contribution in [1.82, 2.24) is 14.8 Å². The molecule has 1 N–H and O–H groups in total. The predicted octanol–water partition coefficient (Wildman–Crippen LogP) is 2.99. The molecule has 0 unspecified atom stereocenters. The van der Waals surface area contributed by atoms with Gasteiger partial charge < -0.3 is 19.5 Å². The molecule has 3 rings (SSSR count). The lowest BCUT2D eigenvalue weighted by molar-refractivity contribution is -0.141. The van der Waals surface area contributed by atoms with Crippen molar-refractivity contribution in [2.45, 2.75) is 65.7 Å². The maximum Gasteiger partial charge on any atom is 0.355 e. The number of ether oxygens (including phenoxy) is 1. The molecule has 1 atom stereocenters. The number of hydrogen-bond donors (Lipinski definition) is 1. The number of esters is 1. The summed E-state index contributed by atoms with van der Waals surface area (Å²) >= 11 is 0. The number of aryl methyl sites for hydroxylation is 1. The highest BCUT2D eigenvalue weighted by molar-refractivity contribution is 5.90. The van der Waals surface area contributed by atoms with Gasteiger partial charge in [-0.1, -0.05) is 0 Å². The highest BCUT2D eigenvalue weighted by atomic mass is 16.5. The zero-order valence-corrected chi connectivity index (χ0v) is 18.6. The molecule has 2 aliphatic rings. The summed E-state index contributed by atoms with van der Waals surface area (Å²) in [5.74, 6) is -0.106. The van der Waals surface area contributed by atoms with Gasteiger partial charge in [-0.2, -0.15) is 0 Å². The first-order valence-electron chi connectivity index (χ1n) is 11.3. The van der Waals surface area contributed by atoms with Gasteiger partial charge in [-0.05, 0) is 70.4 Å². The molecule has 2 fully saturated rings. The highest BCUT2D eigenvalue weighted by Gasteiger charge is 2.31. The van der Waals surface area contributed by atoms with E-state index in [1.165, 1.54) is 6.42 Å². The Hall–Kier alpha value is -2.31. The molecule has 1 aromatic rings. The lowest BCUT2D eigenvalue weighted by Crippen LogP contribution is -2.48. The van der Waals surface area contributed by atoms with E-state index in [9.17, 15) is 14.4 Å². The lowest BCUT2D eigenvalue weighted by atomic mass is 9.95. The fourth-order valence-corrected chi connectivity index (χ4v) is 4.74. The van der Waals surface area contributed by atoms with Gasteiger partial charge in [0.25, 0.3) is 0 Å². The summed E-state index contributed by atoms with van der Waals surface area (Å²) in [4.78, 5) is 44.8. The fraction of sp³-hybridized carbons (Fsp3) is 0.696. The summed E-state index contributed by atoms with van der Waals surface area (Å²) in [7, 11) is 0. The molecule has 1 aromatic heterocycles. The van der Waals surface area contributed by atoms with Crippen LogP contribution >= 0.6 is 0 Å². The zero-order valence-electron chi connectivity index (χ0n) is 18.6. The summed E-state index contributed by atoms with van der Waals surface area (Å²) in [5, 5.41) is 0. The molecule has 0 aromatic carbocycles. The Kier molecular flexibility index (Phi) is 7.56. The topological polar surface area (TPSA) is 82.7 Å². The van der Waals surface area contributed by atoms with Crippen LogP contribution in [0.4, 0.5) is 0 Å². The standard InChI is InChI=1S/C23H35N3O4/c1-4-30-23(29)21-16(2)19(17(3)24-21)10-11-20(27)26-14-8-9-18(15-26)22(28)25-12-6-5-7-13-25/h18,24H,4-15H2,1-3H3/t18-/m1/s1. The van der Waals surface area contributed by atoms with E-state index in [2.05, 4.69) is 4.98 Å². The Morgan fingerprint density at radius 1 is 1.03 bits per heavy atom. The van der Waals surface area contributed by atoms with Gasteiger partial charge in [-0.15, -0.1) is 0 Å². The number of rotatable bonds is 6. The minimum absolute atomic E-state index is 0.0630. The minimum Gasteiger partial charge on any atom is -0.461 e. The molecular weight excluding hydrogens is 382 g/mol.